The summed E-state index contributed by atoms with van der Waals surface area (Å²) in [7, 11) is 0. The summed E-state index contributed by atoms with van der Waals surface area (Å²) in [5, 5.41) is 7.94. The summed E-state index contributed by atoms with van der Waals surface area (Å²) < 4.78 is 2.42. The van der Waals surface area contributed by atoms with E-state index < -0.39 is 0 Å². The van der Waals surface area contributed by atoms with Gasteiger partial charge in [-0.3, -0.25) is 0 Å². The molecule has 0 aliphatic carbocycles. The number of aromatic nitrogens is 1. The van der Waals surface area contributed by atoms with Gasteiger partial charge in [0.05, 0.1) is 0 Å². The molecule has 0 saturated heterocycles. The molecule has 1 nitrogen and oxygen atoms in total. The minimum atomic E-state index is 0.989. The zero-order chi connectivity index (χ0) is 15.4. The van der Waals surface area contributed by atoms with E-state index in [4.69, 9.17) is 0 Å². The molecular weight excluding hydrogens is 278 g/mol. The second-order valence-corrected chi connectivity index (χ2v) is 6.18. The zero-order valence-corrected chi connectivity index (χ0v) is 13.1. The van der Waals surface area contributed by atoms with Crippen LogP contribution in [0.5, 0.6) is 0 Å². The van der Waals surface area contributed by atoms with Crippen LogP contribution < -0.4 is 0 Å². The molecule has 4 aromatic carbocycles. The Bertz CT molecular complexity index is 1190. The van der Waals surface area contributed by atoms with Crippen molar-refractivity contribution in [3.8, 4) is 0 Å². The first-order valence-corrected chi connectivity index (χ1v) is 8.18. The number of nitrogens with zero attached hydrogens (tertiary/aromatic N) is 1. The lowest BCUT2D eigenvalue weighted by atomic mass is 10.0. The van der Waals surface area contributed by atoms with Gasteiger partial charge in [-0.1, -0.05) is 42.5 Å². The third-order valence-electron chi connectivity index (χ3n) is 4.91. The molecule has 0 aliphatic rings. The molecule has 1 heteroatoms. The third kappa shape index (κ3) is 1.74. The Labute approximate surface area is 134 Å². The molecule has 23 heavy (non-hydrogen) atoms. The third-order valence-corrected chi connectivity index (χ3v) is 4.91. The summed E-state index contributed by atoms with van der Waals surface area (Å²) >= 11 is 0. The number of rotatable bonds is 1. The number of benzene rings is 4. The van der Waals surface area contributed by atoms with E-state index in [1.165, 1.54) is 43.4 Å². The van der Waals surface area contributed by atoms with Gasteiger partial charge in [-0.2, -0.15) is 0 Å². The van der Waals surface area contributed by atoms with Crippen molar-refractivity contribution in [1.29, 1.82) is 0 Å². The number of aryl methyl sites for hydroxylation is 1. The highest BCUT2D eigenvalue weighted by molar-refractivity contribution is 6.14. The predicted octanol–water partition coefficient (Wildman–Crippen LogP) is 6.12. The van der Waals surface area contributed by atoms with E-state index in [1.54, 1.807) is 0 Å². The van der Waals surface area contributed by atoms with Gasteiger partial charge in [-0.15, -0.1) is 0 Å². The Morgan fingerprint density at radius 2 is 1.26 bits per heavy atom. The molecule has 0 radical (unpaired) electrons. The van der Waals surface area contributed by atoms with Gasteiger partial charge in [0.15, 0.2) is 0 Å². The largest absolute Gasteiger partial charge is 0.341 e. The topological polar surface area (TPSA) is 4.93 Å². The van der Waals surface area contributed by atoms with Crippen LogP contribution in [0, 0.1) is 0 Å². The molecule has 0 amide bonds. The first-order chi connectivity index (χ1) is 11.3. The minimum Gasteiger partial charge on any atom is -0.341 e. The molecule has 0 spiro atoms. The molecule has 0 aliphatic heterocycles. The number of hydrogen-bond acceptors (Lipinski definition) is 0. The van der Waals surface area contributed by atoms with Crippen molar-refractivity contribution in [2.75, 3.05) is 0 Å². The maximum absolute atomic E-state index is 2.42. The summed E-state index contributed by atoms with van der Waals surface area (Å²) in [6, 6.07) is 26.6. The van der Waals surface area contributed by atoms with Crippen LogP contribution in [0.2, 0.25) is 0 Å². The first kappa shape index (κ1) is 12.7. The van der Waals surface area contributed by atoms with Crippen molar-refractivity contribution in [3.05, 3.63) is 72.8 Å². The number of fused-ring (bicyclic) bond motifs is 5. The highest BCUT2D eigenvalue weighted by Crippen LogP contribution is 2.33. The van der Waals surface area contributed by atoms with Crippen LogP contribution in [-0.4, -0.2) is 4.57 Å². The van der Waals surface area contributed by atoms with Crippen molar-refractivity contribution in [2.45, 2.75) is 13.5 Å². The van der Waals surface area contributed by atoms with Crippen LogP contribution in [0.3, 0.4) is 0 Å². The fourth-order valence-corrected chi connectivity index (χ4v) is 3.83. The van der Waals surface area contributed by atoms with E-state index in [0.29, 0.717) is 0 Å². The summed E-state index contributed by atoms with van der Waals surface area (Å²) in [6.45, 7) is 3.21. The lowest BCUT2D eigenvalue weighted by molar-refractivity contribution is 0.827. The predicted molar refractivity (Wildman–Crippen MR) is 100 cm³/mol. The maximum atomic E-state index is 2.42. The fraction of sp³-hybridized carbons (Fsp3) is 0.0909. The van der Waals surface area contributed by atoms with Gasteiger partial charge in [0.25, 0.3) is 0 Å². The molecule has 5 aromatic rings. The van der Waals surface area contributed by atoms with Gasteiger partial charge in [0, 0.05) is 28.4 Å². The zero-order valence-electron chi connectivity index (χ0n) is 13.1. The normalized spacial score (nSPS) is 11.9. The molecular formula is C22H17N. The molecule has 5 rings (SSSR count). The Morgan fingerprint density at radius 1 is 0.609 bits per heavy atom. The Morgan fingerprint density at radius 3 is 2.00 bits per heavy atom. The van der Waals surface area contributed by atoms with Crippen molar-refractivity contribution < 1.29 is 0 Å². The van der Waals surface area contributed by atoms with Gasteiger partial charge in [0.2, 0.25) is 0 Å². The van der Waals surface area contributed by atoms with E-state index in [9.17, 15) is 0 Å². The quantitative estimate of drug-likeness (QED) is 0.328. The van der Waals surface area contributed by atoms with E-state index >= 15 is 0 Å². The maximum Gasteiger partial charge on any atom is 0.0497 e. The second kappa shape index (κ2) is 4.60. The molecule has 0 unspecified atom stereocenters. The SMILES string of the molecule is CCn1c2ccccc2c2cc3cc4ccccc4cc3cc21. The van der Waals surface area contributed by atoms with Gasteiger partial charge >= 0.3 is 0 Å². The van der Waals surface area contributed by atoms with E-state index in [-0.39, 0.29) is 0 Å². The van der Waals surface area contributed by atoms with Crippen molar-refractivity contribution in [2.24, 2.45) is 0 Å². The average Bonchev–Trinajstić information content (AvgIpc) is 2.90. The van der Waals surface area contributed by atoms with E-state index in [0.717, 1.165) is 6.54 Å². The monoisotopic (exact) mass is 295 g/mol. The highest BCUT2D eigenvalue weighted by atomic mass is 15.0. The van der Waals surface area contributed by atoms with Gasteiger partial charge in [0.1, 0.15) is 0 Å². The van der Waals surface area contributed by atoms with E-state index in [1.807, 2.05) is 0 Å². The molecule has 0 fully saturated rings. The average molecular weight is 295 g/mol. The van der Waals surface area contributed by atoms with Gasteiger partial charge in [-0.05, 0) is 58.8 Å². The molecule has 1 aromatic heterocycles. The molecule has 0 N–H and O–H groups in total. The van der Waals surface area contributed by atoms with Gasteiger partial charge < -0.3 is 4.57 Å². The molecule has 0 atom stereocenters. The van der Waals surface area contributed by atoms with E-state index in [2.05, 4.69) is 84.3 Å². The van der Waals surface area contributed by atoms with Crippen molar-refractivity contribution >= 4 is 43.4 Å². The standard InChI is InChI=1S/C22H17N/c1-2-23-21-10-6-5-9-19(21)20-13-17-11-15-7-3-4-8-16(15)12-18(17)14-22(20)23/h3-14H,2H2,1H3. The number of hydrogen-bond donors (Lipinski definition) is 0. The molecule has 110 valence electrons. The lowest BCUT2D eigenvalue weighted by Crippen LogP contribution is -1.92. The lowest BCUT2D eigenvalue weighted by Gasteiger charge is -2.06. The summed E-state index contributed by atoms with van der Waals surface area (Å²) in [6.07, 6.45) is 0. The molecule has 1 heterocycles. The Kier molecular flexibility index (Phi) is 2.54. The highest BCUT2D eigenvalue weighted by Gasteiger charge is 2.10. The summed E-state index contributed by atoms with van der Waals surface area (Å²) in [4.78, 5) is 0. The van der Waals surface area contributed by atoms with Crippen molar-refractivity contribution in [1.82, 2.24) is 4.57 Å². The Balaban J connectivity index is 2.00. The van der Waals surface area contributed by atoms with Crippen molar-refractivity contribution in [3.63, 3.8) is 0 Å². The van der Waals surface area contributed by atoms with Crippen LogP contribution in [-0.2, 0) is 6.54 Å². The van der Waals surface area contributed by atoms with Crippen LogP contribution in [0.4, 0.5) is 0 Å². The molecule has 0 bridgehead atoms. The summed E-state index contributed by atoms with van der Waals surface area (Å²) in [5.41, 5.74) is 2.65. The van der Waals surface area contributed by atoms with Crippen LogP contribution >= 0.6 is 0 Å². The fourth-order valence-electron chi connectivity index (χ4n) is 3.83. The second-order valence-electron chi connectivity index (χ2n) is 6.18. The number of para-hydroxylation sites is 1. The van der Waals surface area contributed by atoms with Gasteiger partial charge in [-0.25, -0.2) is 0 Å². The minimum absolute atomic E-state index is 0.989. The van der Waals surface area contributed by atoms with Crippen LogP contribution in [0.1, 0.15) is 6.92 Å². The smallest absolute Gasteiger partial charge is 0.0497 e. The summed E-state index contributed by atoms with van der Waals surface area (Å²) in [5.74, 6) is 0. The first-order valence-electron chi connectivity index (χ1n) is 8.18. The van der Waals surface area contributed by atoms with Crippen LogP contribution in [0.25, 0.3) is 43.4 Å². The Hall–Kier alpha value is -2.80. The molecule has 0 saturated carbocycles. The van der Waals surface area contributed by atoms with Crippen LogP contribution in [0.15, 0.2) is 72.8 Å².